The molecule has 4 aromatic heterocycles. The molecular weight excluding hydrogens is 456 g/mol. The summed E-state index contributed by atoms with van der Waals surface area (Å²) in [5, 5.41) is 11.2. The maximum absolute atomic E-state index is 12.9. The Labute approximate surface area is 207 Å². The van der Waals surface area contributed by atoms with Gasteiger partial charge in [0.1, 0.15) is 0 Å². The van der Waals surface area contributed by atoms with Crippen molar-refractivity contribution < 1.29 is 4.79 Å². The number of thiophene rings is 1. The van der Waals surface area contributed by atoms with Crippen molar-refractivity contribution in [3.05, 3.63) is 82.9 Å². The van der Waals surface area contributed by atoms with Gasteiger partial charge in [-0.1, -0.05) is 30.7 Å². The minimum Gasteiger partial charge on any atom is -0.301 e. The van der Waals surface area contributed by atoms with Crippen LogP contribution in [-0.2, 0) is 6.54 Å². The van der Waals surface area contributed by atoms with Gasteiger partial charge in [0.25, 0.3) is 0 Å². The number of aromatic nitrogens is 5. The van der Waals surface area contributed by atoms with Gasteiger partial charge < -0.3 is 4.90 Å². The summed E-state index contributed by atoms with van der Waals surface area (Å²) in [6.45, 7) is 4.34. The summed E-state index contributed by atoms with van der Waals surface area (Å²) in [7, 11) is 0. The molecule has 0 radical (unpaired) electrons. The van der Waals surface area contributed by atoms with Gasteiger partial charge in [-0.15, -0.1) is 11.3 Å². The predicted molar refractivity (Wildman–Crippen MR) is 138 cm³/mol. The van der Waals surface area contributed by atoms with Crippen LogP contribution in [0.1, 0.15) is 34.5 Å². The van der Waals surface area contributed by atoms with E-state index in [-0.39, 0.29) is 5.78 Å². The van der Waals surface area contributed by atoms with Gasteiger partial charge in [0.2, 0.25) is 5.78 Å². The lowest BCUT2D eigenvalue weighted by Gasteiger charge is -2.26. The third-order valence-corrected chi connectivity index (χ3v) is 7.45. The lowest BCUT2D eigenvalue weighted by Crippen LogP contribution is -2.32. The number of nitrogens with zero attached hydrogens (tertiary/aromatic N) is 6. The first-order valence-electron chi connectivity index (χ1n) is 12.0. The molecule has 0 amide bonds. The number of fused-ring (bicyclic) bond motifs is 1. The summed E-state index contributed by atoms with van der Waals surface area (Å²) in [5.74, 6) is -0.0523. The van der Waals surface area contributed by atoms with E-state index in [1.165, 1.54) is 43.7 Å². The van der Waals surface area contributed by atoms with Crippen molar-refractivity contribution in [2.45, 2.75) is 25.8 Å². The molecule has 7 nitrogen and oxygen atoms in total. The van der Waals surface area contributed by atoms with Crippen molar-refractivity contribution in [2.24, 2.45) is 0 Å². The van der Waals surface area contributed by atoms with E-state index in [4.69, 9.17) is 5.10 Å². The molecule has 0 N–H and O–H groups in total. The fraction of sp³-hybridized carbons (Fsp3) is 0.259. The first-order chi connectivity index (χ1) is 17.3. The van der Waals surface area contributed by atoms with Crippen LogP contribution in [0.15, 0.2) is 72.5 Å². The molecule has 176 valence electrons. The highest BCUT2D eigenvalue weighted by Gasteiger charge is 2.19. The van der Waals surface area contributed by atoms with Crippen molar-refractivity contribution in [3.8, 4) is 22.5 Å². The standard InChI is InChI=1S/C27H26N6OS/c34-26(25-8-5-17-35-25)22-19-29-33-24(9-11-28-27(22)33)21-7-4-6-20(18-21)23-10-14-32(30-23)16-15-31-12-2-1-3-13-31/h4-11,14,17-19H,1-3,12-13,15-16H2. The number of likely N-dealkylation sites (tertiary alicyclic amines) is 1. The molecule has 1 fully saturated rings. The fourth-order valence-electron chi connectivity index (χ4n) is 4.72. The van der Waals surface area contributed by atoms with Crippen molar-refractivity contribution >= 4 is 22.8 Å². The number of rotatable bonds is 7. The zero-order valence-electron chi connectivity index (χ0n) is 19.4. The Morgan fingerprint density at radius 2 is 1.86 bits per heavy atom. The number of hydrogen-bond acceptors (Lipinski definition) is 6. The molecule has 6 rings (SSSR count). The summed E-state index contributed by atoms with van der Waals surface area (Å²) in [6.07, 6.45) is 9.37. The zero-order valence-corrected chi connectivity index (χ0v) is 20.2. The molecule has 0 saturated carbocycles. The number of carbonyl (C=O) groups excluding carboxylic acids is 1. The van der Waals surface area contributed by atoms with E-state index in [9.17, 15) is 4.79 Å². The predicted octanol–water partition coefficient (Wildman–Crippen LogP) is 5.04. The van der Waals surface area contributed by atoms with Crippen molar-refractivity contribution in [1.29, 1.82) is 0 Å². The van der Waals surface area contributed by atoms with Crippen molar-refractivity contribution in [1.82, 2.24) is 29.3 Å². The average Bonchev–Trinajstić information content (AvgIpc) is 3.69. The molecule has 1 aliphatic heterocycles. The molecule has 0 aliphatic carbocycles. The Morgan fingerprint density at radius 1 is 0.971 bits per heavy atom. The number of benzene rings is 1. The molecule has 0 bridgehead atoms. The van der Waals surface area contributed by atoms with E-state index < -0.39 is 0 Å². The minimum atomic E-state index is -0.0523. The van der Waals surface area contributed by atoms with E-state index in [0.717, 1.165) is 35.6 Å². The highest BCUT2D eigenvalue weighted by molar-refractivity contribution is 7.12. The normalized spacial score (nSPS) is 14.5. The summed E-state index contributed by atoms with van der Waals surface area (Å²) < 4.78 is 3.79. The first kappa shape index (κ1) is 21.9. The highest BCUT2D eigenvalue weighted by atomic mass is 32.1. The van der Waals surface area contributed by atoms with E-state index in [2.05, 4.69) is 39.4 Å². The second kappa shape index (κ2) is 9.56. The second-order valence-electron chi connectivity index (χ2n) is 8.88. The van der Waals surface area contributed by atoms with E-state index in [0.29, 0.717) is 16.1 Å². The maximum atomic E-state index is 12.9. The van der Waals surface area contributed by atoms with E-state index in [1.807, 2.05) is 40.4 Å². The van der Waals surface area contributed by atoms with Gasteiger partial charge >= 0.3 is 0 Å². The number of carbonyl (C=O) groups is 1. The van der Waals surface area contributed by atoms with Crippen LogP contribution in [0.25, 0.3) is 28.2 Å². The van der Waals surface area contributed by atoms with Crippen LogP contribution in [0.5, 0.6) is 0 Å². The second-order valence-corrected chi connectivity index (χ2v) is 9.83. The topological polar surface area (TPSA) is 68.3 Å². The van der Waals surface area contributed by atoms with Crippen LogP contribution in [-0.4, -0.2) is 54.7 Å². The van der Waals surface area contributed by atoms with Gasteiger partial charge in [-0.2, -0.15) is 10.2 Å². The molecule has 5 heterocycles. The molecular formula is C27H26N6OS. The molecule has 0 spiro atoms. The lowest BCUT2D eigenvalue weighted by atomic mass is 10.1. The van der Waals surface area contributed by atoms with Crippen LogP contribution in [0.4, 0.5) is 0 Å². The molecule has 8 heteroatoms. The number of piperidine rings is 1. The van der Waals surface area contributed by atoms with Gasteiger partial charge in [0.05, 0.1) is 34.6 Å². The molecule has 1 aliphatic rings. The fourth-order valence-corrected chi connectivity index (χ4v) is 5.39. The van der Waals surface area contributed by atoms with Crippen LogP contribution in [0.2, 0.25) is 0 Å². The molecule has 1 aromatic carbocycles. The maximum Gasteiger partial charge on any atom is 0.208 e. The molecule has 35 heavy (non-hydrogen) atoms. The Morgan fingerprint density at radius 3 is 2.71 bits per heavy atom. The molecule has 1 saturated heterocycles. The Kier molecular flexibility index (Phi) is 5.98. The van der Waals surface area contributed by atoms with Crippen LogP contribution in [0, 0.1) is 0 Å². The first-order valence-corrected chi connectivity index (χ1v) is 12.9. The summed E-state index contributed by atoms with van der Waals surface area (Å²) in [4.78, 5) is 20.6. The molecule has 0 atom stereocenters. The summed E-state index contributed by atoms with van der Waals surface area (Å²) >= 11 is 1.43. The van der Waals surface area contributed by atoms with Crippen molar-refractivity contribution in [2.75, 3.05) is 19.6 Å². The summed E-state index contributed by atoms with van der Waals surface area (Å²) in [5.41, 5.74) is 4.95. The lowest BCUT2D eigenvalue weighted by molar-refractivity contribution is 0.104. The van der Waals surface area contributed by atoms with E-state index in [1.54, 1.807) is 16.9 Å². The largest absolute Gasteiger partial charge is 0.301 e. The smallest absolute Gasteiger partial charge is 0.208 e. The highest BCUT2D eigenvalue weighted by Crippen LogP contribution is 2.27. The minimum absolute atomic E-state index is 0.0523. The average molecular weight is 483 g/mol. The monoisotopic (exact) mass is 482 g/mol. The zero-order chi connectivity index (χ0) is 23.6. The Balaban J connectivity index is 1.26. The van der Waals surface area contributed by atoms with Crippen LogP contribution in [0.3, 0.4) is 0 Å². The Bertz CT molecular complexity index is 1460. The van der Waals surface area contributed by atoms with Crippen molar-refractivity contribution in [3.63, 3.8) is 0 Å². The number of ketones is 1. The quantitative estimate of drug-likeness (QED) is 0.304. The third-order valence-electron chi connectivity index (χ3n) is 6.58. The van der Waals surface area contributed by atoms with E-state index >= 15 is 0 Å². The van der Waals surface area contributed by atoms with Crippen LogP contribution < -0.4 is 0 Å². The molecule has 0 unspecified atom stereocenters. The molecule has 5 aromatic rings. The van der Waals surface area contributed by atoms with Gasteiger partial charge in [0, 0.05) is 30.1 Å². The van der Waals surface area contributed by atoms with Gasteiger partial charge in [0.15, 0.2) is 5.65 Å². The third kappa shape index (κ3) is 4.42. The van der Waals surface area contributed by atoms with Crippen LogP contribution >= 0.6 is 11.3 Å². The van der Waals surface area contributed by atoms with Gasteiger partial charge in [-0.05, 0) is 55.6 Å². The number of hydrogen-bond donors (Lipinski definition) is 0. The Hall–Kier alpha value is -3.62. The summed E-state index contributed by atoms with van der Waals surface area (Å²) in [6, 6.07) is 16.0. The van der Waals surface area contributed by atoms with Gasteiger partial charge in [-0.3, -0.25) is 9.48 Å². The SMILES string of the molecule is O=C(c1cccs1)c1cnn2c(-c3cccc(-c4ccn(CCN5CCCCC5)n4)c3)ccnc12. The van der Waals surface area contributed by atoms with Gasteiger partial charge in [-0.25, -0.2) is 9.50 Å².